The number of carboxylic acid groups (broad SMARTS) is 1. The van der Waals surface area contributed by atoms with Gasteiger partial charge in [0.15, 0.2) is 11.5 Å². The van der Waals surface area contributed by atoms with Gasteiger partial charge in [-0.05, 0) is 49.2 Å². The number of hydrogen-bond donors (Lipinski definition) is 3. The number of fused-ring (bicyclic) bond motifs is 2. The minimum atomic E-state index is -1.02. The van der Waals surface area contributed by atoms with Crippen molar-refractivity contribution < 1.29 is 33.6 Å². The molecule has 1 amide bonds. The highest BCUT2D eigenvalue weighted by molar-refractivity contribution is 5.96. The molecule has 264 valence electrons. The topological polar surface area (TPSA) is 203 Å². The van der Waals surface area contributed by atoms with Crippen LogP contribution in [0.15, 0.2) is 60.9 Å². The number of nitrogens with zero attached hydrogens (tertiary/aromatic N) is 4. The Hall–Kier alpha value is -5.86. The van der Waals surface area contributed by atoms with Gasteiger partial charge in [0.25, 0.3) is 5.91 Å². The molecule has 0 unspecified atom stereocenters. The smallest absolute Gasteiger partial charge is 0.337 e. The summed E-state index contributed by atoms with van der Waals surface area (Å²) in [5.74, 6) is -1.62. The summed E-state index contributed by atoms with van der Waals surface area (Å²) >= 11 is 0. The fourth-order valence-corrected chi connectivity index (χ4v) is 5.05. The summed E-state index contributed by atoms with van der Waals surface area (Å²) in [7, 11) is 0. The monoisotopic (exact) mass is 692 g/mol. The van der Waals surface area contributed by atoms with Crippen molar-refractivity contribution in [1.82, 2.24) is 15.3 Å². The minimum absolute atomic E-state index is 0.135. The van der Waals surface area contributed by atoms with Crippen LogP contribution in [0.5, 0.6) is 11.5 Å². The van der Waals surface area contributed by atoms with Gasteiger partial charge in [0, 0.05) is 64.3 Å². The van der Waals surface area contributed by atoms with Gasteiger partial charge in [0.2, 0.25) is 11.6 Å². The average Bonchev–Trinajstić information content (AvgIpc) is 3.11. The molecule has 0 saturated carbocycles. The molecule has 13 nitrogen and oxygen atoms in total. The molecule has 2 aliphatic rings. The number of ether oxygens (including phenoxy) is 4. The molecule has 4 N–H and O–H groups in total. The number of carboxylic acids is 1. The van der Waals surface area contributed by atoms with Gasteiger partial charge in [-0.15, -0.1) is 0 Å². The molecule has 0 spiro atoms. The number of amides is 1. The van der Waals surface area contributed by atoms with Crippen molar-refractivity contribution in [2.45, 2.75) is 79.4 Å². The van der Waals surface area contributed by atoms with Crippen LogP contribution >= 0.6 is 0 Å². The highest BCUT2D eigenvalue weighted by atomic mass is 16.7. The van der Waals surface area contributed by atoms with Gasteiger partial charge in [-0.2, -0.15) is 10.5 Å². The number of nitriles is 2. The summed E-state index contributed by atoms with van der Waals surface area (Å²) in [6.07, 6.45) is 2.88. The van der Waals surface area contributed by atoms with E-state index < -0.39 is 17.5 Å². The summed E-state index contributed by atoms with van der Waals surface area (Å²) in [6, 6.07) is 18.5. The third-order valence-electron chi connectivity index (χ3n) is 7.73. The summed E-state index contributed by atoms with van der Waals surface area (Å²) in [5.41, 5.74) is 11.7. The lowest BCUT2D eigenvalue weighted by atomic mass is 10.1. The van der Waals surface area contributed by atoms with Crippen LogP contribution < -0.4 is 20.5 Å². The van der Waals surface area contributed by atoms with Crippen LogP contribution in [0.2, 0.25) is 0 Å². The summed E-state index contributed by atoms with van der Waals surface area (Å²) in [5, 5.41) is 29.3. The highest BCUT2D eigenvalue weighted by Gasteiger charge is 2.33. The first-order valence-electron chi connectivity index (χ1n) is 16.0. The number of nitrogens with one attached hydrogen (secondary N) is 1. The van der Waals surface area contributed by atoms with Crippen LogP contribution in [0.1, 0.15) is 93.2 Å². The molecule has 0 fully saturated rings. The fourth-order valence-electron chi connectivity index (χ4n) is 5.05. The van der Waals surface area contributed by atoms with Gasteiger partial charge in [-0.25, -0.2) is 4.79 Å². The average molecular weight is 693 g/mol. The first-order valence-corrected chi connectivity index (χ1v) is 16.0. The molecular formula is C38H40N6O7. The summed E-state index contributed by atoms with van der Waals surface area (Å²) in [4.78, 5) is 31.9. The van der Waals surface area contributed by atoms with E-state index in [1.165, 1.54) is 6.20 Å². The molecule has 51 heavy (non-hydrogen) atoms. The van der Waals surface area contributed by atoms with Crippen LogP contribution in [0.4, 0.5) is 0 Å². The molecule has 0 aliphatic carbocycles. The molecule has 2 aromatic carbocycles. The molecule has 2 aliphatic heterocycles. The molecule has 0 atom stereocenters. The summed E-state index contributed by atoms with van der Waals surface area (Å²) < 4.78 is 22.5. The van der Waals surface area contributed by atoms with Crippen molar-refractivity contribution in [1.29, 1.82) is 10.5 Å². The Morgan fingerprint density at radius 2 is 1.29 bits per heavy atom. The van der Waals surface area contributed by atoms with Crippen molar-refractivity contribution >= 4 is 11.9 Å². The Kier molecular flexibility index (Phi) is 12.1. The number of aromatic carboxylic acids is 1. The number of pyridine rings is 2. The number of aromatic nitrogens is 2. The maximum absolute atomic E-state index is 12.6. The highest BCUT2D eigenvalue weighted by Crippen LogP contribution is 2.36. The van der Waals surface area contributed by atoms with E-state index >= 15 is 0 Å². The Morgan fingerprint density at radius 3 is 1.78 bits per heavy atom. The molecule has 4 aromatic rings. The molecular weight excluding hydrogens is 652 g/mol. The number of carbonyl (C=O) groups excluding carboxylic acids is 1. The minimum Gasteiger partial charge on any atom is -0.478 e. The van der Waals surface area contributed by atoms with Crippen LogP contribution in [-0.2, 0) is 35.8 Å². The number of aryl methyl sites for hydroxylation is 2. The van der Waals surface area contributed by atoms with Gasteiger partial charge >= 0.3 is 5.97 Å². The number of benzene rings is 2. The van der Waals surface area contributed by atoms with Gasteiger partial charge in [-0.1, -0.05) is 24.3 Å². The second-order valence-electron chi connectivity index (χ2n) is 12.5. The third kappa shape index (κ3) is 9.86. The van der Waals surface area contributed by atoms with Gasteiger partial charge in [0.1, 0.15) is 0 Å². The quantitative estimate of drug-likeness (QED) is 0.234. The fraction of sp³-hybridized carbons (Fsp3) is 0.316. The van der Waals surface area contributed by atoms with Gasteiger partial charge in [0.05, 0.1) is 59.0 Å². The van der Waals surface area contributed by atoms with E-state index in [9.17, 15) is 9.59 Å². The lowest BCUT2D eigenvalue weighted by Gasteiger charge is -2.33. The van der Waals surface area contributed by atoms with Crippen LogP contribution in [0, 0.1) is 36.5 Å². The van der Waals surface area contributed by atoms with E-state index in [-0.39, 0.29) is 18.1 Å². The third-order valence-corrected chi connectivity index (χ3v) is 7.73. The zero-order valence-electron chi connectivity index (χ0n) is 29.4. The zero-order chi connectivity index (χ0) is 37.3. The van der Waals surface area contributed by atoms with Crippen molar-refractivity contribution in [2.75, 3.05) is 0 Å². The molecule has 6 rings (SSSR count). The van der Waals surface area contributed by atoms with Crippen molar-refractivity contribution in [3.05, 3.63) is 117 Å². The first-order chi connectivity index (χ1) is 24.2. The maximum atomic E-state index is 12.6. The number of carbonyl (C=O) groups is 2. The van der Waals surface area contributed by atoms with E-state index in [0.29, 0.717) is 64.7 Å². The van der Waals surface area contributed by atoms with E-state index in [1.807, 2.05) is 45.0 Å². The first kappa shape index (κ1) is 38.0. The van der Waals surface area contributed by atoms with E-state index in [2.05, 4.69) is 21.4 Å². The van der Waals surface area contributed by atoms with E-state index in [4.69, 9.17) is 40.3 Å². The normalized spacial score (nSPS) is 14.5. The molecule has 4 heterocycles. The van der Waals surface area contributed by atoms with Crippen LogP contribution in [0.3, 0.4) is 0 Å². The predicted molar refractivity (Wildman–Crippen MR) is 185 cm³/mol. The Bertz CT molecular complexity index is 2010. The van der Waals surface area contributed by atoms with Crippen molar-refractivity contribution in [3.8, 4) is 23.6 Å². The molecule has 13 heteroatoms. The second kappa shape index (κ2) is 16.2. The predicted octanol–water partition coefficient (Wildman–Crippen LogP) is 5.59. The lowest BCUT2D eigenvalue weighted by molar-refractivity contribution is -0.181. The molecule has 0 saturated heterocycles. The lowest BCUT2D eigenvalue weighted by Crippen LogP contribution is -2.37. The number of nitrogens with two attached hydrogens (primary N) is 1. The largest absolute Gasteiger partial charge is 0.478 e. The van der Waals surface area contributed by atoms with E-state index in [1.54, 1.807) is 57.3 Å². The summed E-state index contributed by atoms with van der Waals surface area (Å²) in [6.45, 7) is 12.2. The second-order valence-corrected chi connectivity index (χ2v) is 12.5. The van der Waals surface area contributed by atoms with Crippen LogP contribution in [0.25, 0.3) is 0 Å². The molecule has 2 aromatic heterocycles. The van der Waals surface area contributed by atoms with Crippen LogP contribution in [-0.4, -0.2) is 38.5 Å². The van der Waals surface area contributed by atoms with Crippen molar-refractivity contribution in [2.24, 2.45) is 5.73 Å². The standard InChI is InChI=1S/C19H19N3O3.C11H13NO4.C8H8N2/c1-12-17-16(11-24-19(2,3)25-17)15(10-21-12)18(23)22-9-14-6-4-5-13(7-14)8-20;1-6-9-8(5-15-11(2,3)16-9)7(4-12-6)10(13)14;9-5-7-2-1-3-8(4-7)6-10/h4-7,10H,9,11H2,1-3H3,(H,22,23);4H,5H2,1-3H3,(H,13,14);1-4H,5,9H2. The molecule has 0 radical (unpaired) electrons. The SMILES string of the molecule is Cc1ncc(C(=O)NCc2cccc(C#N)c2)c2c1OC(C)(C)OC2.Cc1ncc(C(=O)O)c2c1OC(C)(C)OC2.N#Cc1cccc(CN)c1. The molecule has 0 bridgehead atoms. The number of rotatable bonds is 5. The van der Waals surface area contributed by atoms with E-state index in [0.717, 1.165) is 16.8 Å². The zero-order valence-corrected chi connectivity index (χ0v) is 29.4. The van der Waals surface area contributed by atoms with Crippen molar-refractivity contribution in [3.63, 3.8) is 0 Å². The maximum Gasteiger partial charge on any atom is 0.337 e. The number of hydrogen-bond acceptors (Lipinski definition) is 11. The Morgan fingerprint density at radius 1 is 0.824 bits per heavy atom. The Balaban J connectivity index is 0.000000191. The van der Waals surface area contributed by atoms with Gasteiger partial charge < -0.3 is 35.1 Å². The van der Waals surface area contributed by atoms with Gasteiger partial charge in [-0.3, -0.25) is 14.8 Å². The Labute approximate surface area is 296 Å².